The van der Waals surface area contributed by atoms with Gasteiger partial charge in [0, 0.05) is 10.8 Å². The summed E-state index contributed by atoms with van der Waals surface area (Å²) in [5.74, 6) is 0. The van der Waals surface area contributed by atoms with E-state index in [1.54, 1.807) is 0 Å². The predicted molar refractivity (Wildman–Crippen MR) is 117 cm³/mol. The van der Waals surface area contributed by atoms with Crippen LogP contribution in [0, 0.1) is 0 Å². The van der Waals surface area contributed by atoms with E-state index in [1.807, 2.05) is 0 Å². The molecule has 0 spiro atoms. The fraction of sp³-hybridized carbons (Fsp3) is 0.0370. The average Bonchev–Trinajstić information content (AvgIpc) is 3.27. The molecule has 0 aliphatic heterocycles. The number of benzene rings is 5. The van der Waals surface area contributed by atoms with E-state index >= 15 is 0 Å². The molecule has 0 saturated heterocycles. The highest BCUT2D eigenvalue weighted by Gasteiger charge is 2.23. The molecule has 0 radical (unpaired) electrons. The molecule has 0 bridgehead atoms. The Labute approximate surface area is 161 Å². The zero-order chi connectivity index (χ0) is 18.2. The summed E-state index contributed by atoms with van der Waals surface area (Å²) in [6.45, 7) is 0. The van der Waals surface area contributed by atoms with E-state index in [2.05, 4.69) is 84.9 Å². The van der Waals surface area contributed by atoms with Gasteiger partial charge in [0.25, 0.3) is 0 Å². The molecular formula is C27H16O. The van der Waals surface area contributed by atoms with Gasteiger partial charge in [0.15, 0.2) is 0 Å². The van der Waals surface area contributed by atoms with Gasteiger partial charge in [-0.1, -0.05) is 54.6 Å². The fourth-order valence-corrected chi connectivity index (χ4v) is 4.94. The molecule has 1 nitrogen and oxygen atoms in total. The molecule has 28 heavy (non-hydrogen) atoms. The second-order valence-corrected chi connectivity index (χ2v) is 7.80. The molecule has 5 aromatic carbocycles. The first-order valence-corrected chi connectivity index (χ1v) is 9.74. The number of fused-ring (bicyclic) bond motifs is 9. The Balaban J connectivity index is 1.60. The molecule has 7 rings (SSSR count). The third-order valence-electron chi connectivity index (χ3n) is 6.24. The minimum absolute atomic E-state index is 0.974. The first kappa shape index (κ1) is 14.5. The Kier molecular flexibility index (Phi) is 2.60. The van der Waals surface area contributed by atoms with Crippen molar-refractivity contribution < 1.29 is 4.42 Å². The van der Waals surface area contributed by atoms with Gasteiger partial charge >= 0.3 is 0 Å². The highest BCUT2D eigenvalue weighted by molar-refractivity contribution is 6.14. The van der Waals surface area contributed by atoms with Gasteiger partial charge in [-0.15, -0.1) is 0 Å². The van der Waals surface area contributed by atoms with Crippen molar-refractivity contribution in [1.82, 2.24) is 0 Å². The number of rotatable bonds is 0. The van der Waals surface area contributed by atoms with Gasteiger partial charge in [0.05, 0.1) is 0 Å². The summed E-state index contributed by atoms with van der Waals surface area (Å²) < 4.78 is 6.30. The molecular weight excluding hydrogens is 340 g/mol. The van der Waals surface area contributed by atoms with Crippen molar-refractivity contribution in [2.45, 2.75) is 6.42 Å². The van der Waals surface area contributed by atoms with Crippen molar-refractivity contribution in [2.24, 2.45) is 0 Å². The second-order valence-electron chi connectivity index (χ2n) is 7.80. The van der Waals surface area contributed by atoms with Crippen LogP contribution in [-0.2, 0) is 6.42 Å². The fourth-order valence-electron chi connectivity index (χ4n) is 4.94. The molecule has 1 aromatic heterocycles. The minimum atomic E-state index is 0.974. The SMILES string of the molecule is c1ccc2c(c1)Cc1c-2ccc2oc3cc4cc5ccccc5cc4cc3c12. The van der Waals surface area contributed by atoms with Gasteiger partial charge in [-0.05, 0) is 80.6 Å². The second kappa shape index (κ2) is 5.02. The van der Waals surface area contributed by atoms with Gasteiger partial charge in [-0.3, -0.25) is 0 Å². The molecule has 6 aromatic rings. The smallest absolute Gasteiger partial charge is 0.136 e. The van der Waals surface area contributed by atoms with Crippen LogP contribution in [0.3, 0.4) is 0 Å². The molecule has 0 unspecified atom stereocenters. The van der Waals surface area contributed by atoms with Crippen molar-refractivity contribution >= 4 is 43.5 Å². The molecule has 0 amide bonds. The van der Waals surface area contributed by atoms with Crippen LogP contribution in [0.15, 0.2) is 89.3 Å². The Morgan fingerprint density at radius 2 is 1.32 bits per heavy atom. The van der Waals surface area contributed by atoms with Crippen LogP contribution in [0.4, 0.5) is 0 Å². The molecule has 1 aliphatic rings. The Hall–Kier alpha value is -3.58. The number of hydrogen-bond acceptors (Lipinski definition) is 1. The van der Waals surface area contributed by atoms with Crippen LogP contribution < -0.4 is 0 Å². The number of furan rings is 1. The molecule has 0 N–H and O–H groups in total. The number of hydrogen-bond donors (Lipinski definition) is 0. The summed E-state index contributed by atoms with van der Waals surface area (Å²) in [6, 6.07) is 30.7. The molecule has 0 atom stereocenters. The maximum atomic E-state index is 6.30. The zero-order valence-corrected chi connectivity index (χ0v) is 15.2. The van der Waals surface area contributed by atoms with Gasteiger partial charge in [0.1, 0.15) is 11.2 Å². The summed E-state index contributed by atoms with van der Waals surface area (Å²) in [4.78, 5) is 0. The molecule has 1 heteroatoms. The average molecular weight is 356 g/mol. The zero-order valence-electron chi connectivity index (χ0n) is 15.2. The van der Waals surface area contributed by atoms with Crippen LogP contribution in [0.25, 0.3) is 54.6 Å². The van der Waals surface area contributed by atoms with Crippen molar-refractivity contribution in [1.29, 1.82) is 0 Å². The molecule has 0 fully saturated rings. The van der Waals surface area contributed by atoms with Crippen molar-refractivity contribution in [3.8, 4) is 11.1 Å². The molecule has 130 valence electrons. The lowest BCUT2D eigenvalue weighted by atomic mass is 9.98. The van der Waals surface area contributed by atoms with Gasteiger partial charge < -0.3 is 4.42 Å². The Bertz CT molecular complexity index is 1580. The van der Waals surface area contributed by atoms with Crippen LogP contribution in [-0.4, -0.2) is 0 Å². The molecule has 1 heterocycles. The maximum absolute atomic E-state index is 6.30. The van der Waals surface area contributed by atoms with E-state index in [4.69, 9.17) is 4.42 Å². The third kappa shape index (κ3) is 1.81. The summed E-state index contributed by atoms with van der Waals surface area (Å²) >= 11 is 0. The van der Waals surface area contributed by atoms with E-state index in [-0.39, 0.29) is 0 Å². The van der Waals surface area contributed by atoms with E-state index in [0.29, 0.717) is 0 Å². The van der Waals surface area contributed by atoms with E-state index in [9.17, 15) is 0 Å². The monoisotopic (exact) mass is 356 g/mol. The largest absolute Gasteiger partial charge is 0.456 e. The van der Waals surface area contributed by atoms with Crippen molar-refractivity contribution in [3.05, 3.63) is 96.1 Å². The molecule has 1 aliphatic carbocycles. The van der Waals surface area contributed by atoms with Crippen LogP contribution in [0.2, 0.25) is 0 Å². The van der Waals surface area contributed by atoms with Crippen LogP contribution >= 0.6 is 0 Å². The van der Waals surface area contributed by atoms with Gasteiger partial charge in [0.2, 0.25) is 0 Å². The summed E-state index contributed by atoms with van der Waals surface area (Å²) in [5.41, 5.74) is 7.48. The lowest BCUT2D eigenvalue weighted by molar-refractivity contribution is 0.669. The van der Waals surface area contributed by atoms with Gasteiger partial charge in [-0.2, -0.15) is 0 Å². The normalized spacial score (nSPS) is 12.9. The first-order valence-electron chi connectivity index (χ1n) is 9.74. The van der Waals surface area contributed by atoms with Crippen molar-refractivity contribution in [3.63, 3.8) is 0 Å². The highest BCUT2D eigenvalue weighted by atomic mass is 16.3. The first-order chi connectivity index (χ1) is 13.8. The lowest BCUT2D eigenvalue weighted by Gasteiger charge is -2.04. The molecule has 0 saturated carbocycles. The lowest BCUT2D eigenvalue weighted by Crippen LogP contribution is -1.82. The highest BCUT2D eigenvalue weighted by Crippen LogP contribution is 2.44. The van der Waals surface area contributed by atoms with Crippen LogP contribution in [0.5, 0.6) is 0 Å². The van der Waals surface area contributed by atoms with E-state index in [0.717, 1.165) is 17.6 Å². The van der Waals surface area contributed by atoms with Gasteiger partial charge in [-0.25, -0.2) is 0 Å². The maximum Gasteiger partial charge on any atom is 0.136 e. The Morgan fingerprint density at radius 3 is 2.18 bits per heavy atom. The predicted octanol–water partition coefficient (Wildman–Crippen LogP) is 7.46. The Morgan fingerprint density at radius 1 is 0.571 bits per heavy atom. The van der Waals surface area contributed by atoms with Crippen molar-refractivity contribution in [2.75, 3.05) is 0 Å². The topological polar surface area (TPSA) is 13.1 Å². The van der Waals surface area contributed by atoms with Crippen LogP contribution in [0.1, 0.15) is 11.1 Å². The summed E-state index contributed by atoms with van der Waals surface area (Å²) in [7, 11) is 0. The quantitative estimate of drug-likeness (QED) is 0.257. The van der Waals surface area contributed by atoms with E-state index < -0.39 is 0 Å². The summed E-state index contributed by atoms with van der Waals surface area (Å²) in [5, 5.41) is 7.54. The summed E-state index contributed by atoms with van der Waals surface area (Å²) in [6.07, 6.45) is 0.979. The third-order valence-corrected chi connectivity index (χ3v) is 6.24. The minimum Gasteiger partial charge on any atom is -0.456 e. The standard InChI is InChI=1S/C27H16O/c1-2-6-17-12-20-15-26-24(14-19(20)11-16(17)5-1)27-23-13-18-7-3-4-8-21(18)22(23)9-10-25(27)28-26/h1-12,14-15H,13H2. The van der Waals surface area contributed by atoms with E-state index in [1.165, 1.54) is 54.6 Å².